The van der Waals surface area contributed by atoms with Crippen LogP contribution in [-0.4, -0.2) is 39.5 Å². The monoisotopic (exact) mass is 414 g/mol. The molecule has 3 aromatic carbocycles. The van der Waals surface area contributed by atoms with E-state index in [0.717, 1.165) is 0 Å². The standard InChI is InChI=1S/C22H18N6O3/c1-31-19-8-3-2-7-18(19)24-21(29)14-9-11-17(12-10-14)23-22(30)16-6-4-5-15(13-16)20-25-27-28-26-20/h2-13H,1H3,(H,23,30)(H,24,29)(H,25,26,27,28). The van der Waals surface area contributed by atoms with Crippen LogP contribution in [0, 0.1) is 0 Å². The fourth-order valence-electron chi connectivity index (χ4n) is 2.93. The lowest BCUT2D eigenvalue weighted by molar-refractivity contribution is 0.101. The van der Waals surface area contributed by atoms with Crippen molar-refractivity contribution in [1.29, 1.82) is 0 Å². The highest BCUT2D eigenvalue weighted by Gasteiger charge is 2.12. The number of nitrogens with zero attached hydrogens (tertiary/aromatic N) is 3. The van der Waals surface area contributed by atoms with E-state index in [9.17, 15) is 9.59 Å². The van der Waals surface area contributed by atoms with Crippen LogP contribution in [0.25, 0.3) is 11.4 Å². The summed E-state index contributed by atoms with van der Waals surface area (Å²) in [5, 5.41) is 19.4. The van der Waals surface area contributed by atoms with Gasteiger partial charge in [0, 0.05) is 22.4 Å². The van der Waals surface area contributed by atoms with Gasteiger partial charge in [0.1, 0.15) is 5.75 Å². The Hall–Kier alpha value is -4.53. The van der Waals surface area contributed by atoms with Gasteiger partial charge in [-0.1, -0.05) is 24.3 Å². The minimum Gasteiger partial charge on any atom is -0.495 e. The van der Waals surface area contributed by atoms with Crippen LogP contribution in [0.2, 0.25) is 0 Å². The molecule has 9 heteroatoms. The Morgan fingerprint density at radius 3 is 2.39 bits per heavy atom. The molecule has 1 aromatic heterocycles. The van der Waals surface area contributed by atoms with E-state index >= 15 is 0 Å². The number of aromatic amines is 1. The molecule has 0 aliphatic rings. The minimum atomic E-state index is -0.295. The number of methoxy groups -OCH3 is 1. The van der Waals surface area contributed by atoms with Gasteiger partial charge in [-0.25, -0.2) is 0 Å². The van der Waals surface area contributed by atoms with Crippen molar-refractivity contribution in [1.82, 2.24) is 20.6 Å². The first kappa shape index (κ1) is 19.8. The smallest absolute Gasteiger partial charge is 0.255 e. The summed E-state index contributed by atoms with van der Waals surface area (Å²) in [4.78, 5) is 25.1. The molecule has 0 saturated heterocycles. The summed E-state index contributed by atoms with van der Waals surface area (Å²) in [6.07, 6.45) is 0. The molecule has 1 heterocycles. The summed E-state index contributed by atoms with van der Waals surface area (Å²) in [7, 11) is 1.54. The molecule has 154 valence electrons. The number of carbonyl (C=O) groups is 2. The van der Waals surface area contributed by atoms with Crippen molar-refractivity contribution < 1.29 is 14.3 Å². The van der Waals surface area contributed by atoms with Gasteiger partial charge in [-0.15, -0.1) is 10.2 Å². The molecule has 31 heavy (non-hydrogen) atoms. The summed E-state index contributed by atoms with van der Waals surface area (Å²) >= 11 is 0. The summed E-state index contributed by atoms with van der Waals surface area (Å²) in [5.41, 5.74) is 2.70. The number of para-hydroxylation sites is 2. The van der Waals surface area contributed by atoms with Gasteiger partial charge < -0.3 is 15.4 Å². The summed E-state index contributed by atoms with van der Waals surface area (Å²) in [5.74, 6) is 0.398. The van der Waals surface area contributed by atoms with Gasteiger partial charge in [0.25, 0.3) is 11.8 Å². The van der Waals surface area contributed by atoms with Crippen LogP contribution in [-0.2, 0) is 0 Å². The van der Waals surface area contributed by atoms with Crippen LogP contribution in [0.1, 0.15) is 20.7 Å². The summed E-state index contributed by atoms with van der Waals surface area (Å²) in [6.45, 7) is 0. The quantitative estimate of drug-likeness (QED) is 0.445. The van der Waals surface area contributed by atoms with Crippen molar-refractivity contribution in [3.63, 3.8) is 0 Å². The first-order chi connectivity index (χ1) is 15.1. The molecule has 0 saturated carbocycles. The van der Waals surface area contributed by atoms with E-state index in [1.807, 2.05) is 12.1 Å². The second kappa shape index (κ2) is 8.87. The number of aromatic nitrogens is 4. The Bertz CT molecular complexity index is 1210. The second-order valence-electron chi connectivity index (χ2n) is 6.50. The third-order valence-corrected chi connectivity index (χ3v) is 4.49. The lowest BCUT2D eigenvalue weighted by Gasteiger charge is -2.10. The molecule has 4 rings (SSSR count). The molecule has 9 nitrogen and oxygen atoms in total. The molecule has 3 N–H and O–H groups in total. The Balaban J connectivity index is 1.43. The molecular weight excluding hydrogens is 396 g/mol. The van der Waals surface area contributed by atoms with E-state index in [-0.39, 0.29) is 11.8 Å². The second-order valence-corrected chi connectivity index (χ2v) is 6.50. The van der Waals surface area contributed by atoms with E-state index in [2.05, 4.69) is 31.3 Å². The third kappa shape index (κ3) is 4.56. The first-order valence-corrected chi connectivity index (χ1v) is 9.34. The molecule has 0 bridgehead atoms. The number of amides is 2. The van der Waals surface area contributed by atoms with Gasteiger partial charge in [-0.05, 0) is 53.7 Å². The van der Waals surface area contributed by atoms with Gasteiger partial charge in [0.2, 0.25) is 5.82 Å². The minimum absolute atomic E-state index is 0.282. The molecule has 0 radical (unpaired) electrons. The number of hydrogen-bond donors (Lipinski definition) is 3. The largest absolute Gasteiger partial charge is 0.495 e. The number of nitrogens with one attached hydrogen (secondary N) is 3. The van der Waals surface area contributed by atoms with Crippen LogP contribution in [0.4, 0.5) is 11.4 Å². The van der Waals surface area contributed by atoms with Crippen molar-refractivity contribution in [3.05, 3.63) is 83.9 Å². The molecule has 0 fully saturated rings. The Kier molecular flexibility index (Phi) is 5.66. The number of rotatable bonds is 6. The van der Waals surface area contributed by atoms with Crippen LogP contribution in [0.3, 0.4) is 0 Å². The molecule has 0 atom stereocenters. The number of ether oxygens (including phenoxy) is 1. The van der Waals surface area contributed by atoms with E-state index < -0.39 is 0 Å². The maximum atomic E-state index is 12.6. The lowest BCUT2D eigenvalue weighted by atomic mass is 10.1. The van der Waals surface area contributed by atoms with Gasteiger partial charge in [-0.3, -0.25) is 9.59 Å². The van der Waals surface area contributed by atoms with Gasteiger partial charge in [0.15, 0.2) is 0 Å². The highest BCUT2D eigenvalue weighted by Crippen LogP contribution is 2.24. The summed E-state index contributed by atoms with van der Waals surface area (Å²) < 4.78 is 5.24. The van der Waals surface area contributed by atoms with E-state index in [0.29, 0.717) is 39.6 Å². The van der Waals surface area contributed by atoms with E-state index in [4.69, 9.17) is 4.74 Å². The number of hydrogen-bond acceptors (Lipinski definition) is 6. The van der Waals surface area contributed by atoms with Gasteiger partial charge >= 0.3 is 0 Å². The van der Waals surface area contributed by atoms with Crippen molar-refractivity contribution in [2.75, 3.05) is 17.7 Å². The maximum Gasteiger partial charge on any atom is 0.255 e. The topological polar surface area (TPSA) is 122 Å². The summed E-state index contributed by atoms with van der Waals surface area (Å²) in [6, 6.07) is 20.7. The first-order valence-electron chi connectivity index (χ1n) is 9.34. The SMILES string of the molecule is COc1ccccc1NC(=O)c1ccc(NC(=O)c2cccc(-c3nn[nH]n3)c2)cc1. The molecule has 0 aliphatic carbocycles. The Morgan fingerprint density at radius 1 is 0.871 bits per heavy atom. The Labute approximate surface area is 177 Å². The van der Waals surface area contributed by atoms with Crippen molar-refractivity contribution >= 4 is 23.2 Å². The van der Waals surface area contributed by atoms with Crippen LogP contribution in [0.5, 0.6) is 5.75 Å². The van der Waals surface area contributed by atoms with E-state index in [1.54, 1.807) is 67.8 Å². The third-order valence-electron chi connectivity index (χ3n) is 4.49. The van der Waals surface area contributed by atoms with Gasteiger partial charge in [0.05, 0.1) is 12.8 Å². The van der Waals surface area contributed by atoms with Crippen molar-refractivity contribution in [2.45, 2.75) is 0 Å². The molecule has 2 amide bonds. The van der Waals surface area contributed by atoms with Gasteiger partial charge in [-0.2, -0.15) is 5.21 Å². The van der Waals surface area contributed by atoms with Crippen molar-refractivity contribution in [2.24, 2.45) is 0 Å². The lowest BCUT2D eigenvalue weighted by Crippen LogP contribution is -2.14. The normalized spacial score (nSPS) is 10.4. The highest BCUT2D eigenvalue weighted by atomic mass is 16.5. The zero-order chi connectivity index (χ0) is 21.6. The average molecular weight is 414 g/mol. The van der Waals surface area contributed by atoms with E-state index in [1.165, 1.54) is 0 Å². The number of carbonyl (C=O) groups excluding carboxylic acids is 2. The maximum absolute atomic E-state index is 12.6. The number of anilines is 2. The Morgan fingerprint density at radius 2 is 1.65 bits per heavy atom. The highest BCUT2D eigenvalue weighted by molar-refractivity contribution is 6.07. The predicted molar refractivity (Wildman–Crippen MR) is 115 cm³/mol. The fraction of sp³-hybridized carbons (Fsp3) is 0.0455. The zero-order valence-electron chi connectivity index (χ0n) is 16.5. The number of benzene rings is 3. The molecule has 0 spiro atoms. The van der Waals surface area contributed by atoms with Crippen molar-refractivity contribution in [3.8, 4) is 17.1 Å². The van der Waals surface area contributed by atoms with Crippen LogP contribution < -0.4 is 15.4 Å². The molecular formula is C22H18N6O3. The van der Waals surface area contributed by atoms with Crippen LogP contribution in [0.15, 0.2) is 72.8 Å². The number of H-pyrrole nitrogens is 1. The molecule has 0 aliphatic heterocycles. The zero-order valence-corrected chi connectivity index (χ0v) is 16.5. The number of tetrazole rings is 1. The van der Waals surface area contributed by atoms with Crippen LogP contribution >= 0.6 is 0 Å². The fourth-order valence-corrected chi connectivity index (χ4v) is 2.93. The average Bonchev–Trinajstić information content (AvgIpc) is 3.35. The predicted octanol–water partition coefficient (Wildman–Crippen LogP) is 3.38. The molecule has 0 unspecified atom stereocenters. The molecule has 4 aromatic rings.